The van der Waals surface area contributed by atoms with Crippen LogP contribution in [0.15, 0.2) is 0 Å². The van der Waals surface area contributed by atoms with Gasteiger partial charge in [-0.25, -0.2) is 0 Å². The van der Waals surface area contributed by atoms with Crippen molar-refractivity contribution in [1.82, 2.24) is 10.6 Å². The van der Waals surface area contributed by atoms with E-state index in [0.717, 1.165) is 13.1 Å². The van der Waals surface area contributed by atoms with Gasteiger partial charge in [0.05, 0.1) is 6.61 Å². The van der Waals surface area contributed by atoms with Crippen molar-refractivity contribution in [2.45, 2.75) is 39.8 Å². The zero-order chi connectivity index (χ0) is 11.0. The lowest BCUT2D eigenvalue weighted by atomic mass is 10.3. The first-order valence-corrected chi connectivity index (χ1v) is 5.20. The third-order valence-electron chi connectivity index (χ3n) is 1.70. The topological polar surface area (TPSA) is 50.4 Å². The Kier molecular flexibility index (Phi) is 7.42. The minimum atomic E-state index is -0.365. The van der Waals surface area contributed by atoms with Crippen LogP contribution >= 0.6 is 0 Å². The normalized spacial score (nSPS) is 12.9. The summed E-state index contributed by atoms with van der Waals surface area (Å²) in [6.45, 7) is 9.96. The Balaban J connectivity index is 3.52. The van der Waals surface area contributed by atoms with Crippen molar-refractivity contribution in [2.75, 3.05) is 19.7 Å². The van der Waals surface area contributed by atoms with Crippen molar-refractivity contribution in [3.63, 3.8) is 0 Å². The Labute approximate surface area is 86.4 Å². The molecule has 0 aromatic heterocycles. The van der Waals surface area contributed by atoms with Crippen LogP contribution < -0.4 is 10.6 Å². The number of nitrogens with one attached hydrogen (secondary N) is 2. The van der Waals surface area contributed by atoms with Gasteiger partial charge in [0.15, 0.2) is 0 Å². The number of carbonyl (C=O) groups excluding carboxylic acids is 1. The lowest BCUT2D eigenvalue weighted by Crippen LogP contribution is -2.39. The molecule has 0 aliphatic rings. The quantitative estimate of drug-likeness (QED) is 0.592. The highest BCUT2D eigenvalue weighted by atomic mass is 16.5. The number of hydrogen-bond donors (Lipinski definition) is 2. The summed E-state index contributed by atoms with van der Waals surface area (Å²) in [7, 11) is 0. The monoisotopic (exact) mass is 202 g/mol. The Morgan fingerprint density at radius 1 is 1.36 bits per heavy atom. The van der Waals surface area contributed by atoms with Crippen molar-refractivity contribution in [1.29, 1.82) is 0 Å². The van der Waals surface area contributed by atoms with E-state index in [9.17, 15) is 4.79 Å². The molecule has 84 valence electrons. The number of likely N-dealkylation sites (N-methyl/N-ethyl adjacent to an activating group) is 1. The molecular formula is C10H22N2O2. The molecule has 0 aromatic carbocycles. The first-order valence-electron chi connectivity index (χ1n) is 5.20. The summed E-state index contributed by atoms with van der Waals surface area (Å²) >= 11 is 0. The van der Waals surface area contributed by atoms with Crippen LogP contribution in [0.5, 0.6) is 0 Å². The second kappa shape index (κ2) is 7.76. The summed E-state index contributed by atoms with van der Waals surface area (Å²) in [5, 5.41) is 5.93. The van der Waals surface area contributed by atoms with Gasteiger partial charge in [-0.15, -0.1) is 0 Å². The van der Waals surface area contributed by atoms with E-state index in [1.165, 1.54) is 0 Å². The van der Waals surface area contributed by atoms with E-state index < -0.39 is 0 Å². The van der Waals surface area contributed by atoms with Crippen LogP contribution in [0.1, 0.15) is 27.7 Å². The van der Waals surface area contributed by atoms with Gasteiger partial charge < -0.3 is 15.4 Å². The molecule has 0 aliphatic heterocycles. The van der Waals surface area contributed by atoms with Crippen LogP contribution in [0.3, 0.4) is 0 Å². The van der Waals surface area contributed by atoms with Crippen LogP contribution in [0, 0.1) is 0 Å². The summed E-state index contributed by atoms with van der Waals surface area (Å²) in [5.74, 6) is -0.0449. The van der Waals surface area contributed by atoms with Crippen molar-refractivity contribution < 1.29 is 9.53 Å². The van der Waals surface area contributed by atoms with Gasteiger partial charge in [0.25, 0.3) is 0 Å². The summed E-state index contributed by atoms with van der Waals surface area (Å²) in [6, 6.07) is 0.169. The van der Waals surface area contributed by atoms with Crippen LogP contribution in [0.2, 0.25) is 0 Å². The van der Waals surface area contributed by atoms with E-state index in [1.54, 1.807) is 6.92 Å². The predicted molar refractivity (Wildman–Crippen MR) is 57.2 cm³/mol. The lowest BCUT2D eigenvalue weighted by molar-refractivity contribution is -0.132. The molecule has 0 fully saturated rings. The van der Waals surface area contributed by atoms with E-state index in [0.29, 0.717) is 6.61 Å². The largest absolute Gasteiger partial charge is 0.367 e. The Bertz CT molecular complexity index is 160. The summed E-state index contributed by atoms with van der Waals surface area (Å²) in [5.41, 5.74) is 0. The maximum absolute atomic E-state index is 11.4. The molecule has 1 amide bonds. The fraction of sp³-hybridized carbons (Fsp3) is 0.900. The Hall–Kier alpha value is -0.610. The summed E-state index contributed by atoms with van der Waals surface area (Å²) in [6.07, 6.45) is -0.365. The number of rotatable bonds is 7. The van der Waals surface area contributed by atoms with E-state index in [4.69, 9.17) is 4.74 Å². The molecule has 1 unspecified atom stereocenters. The molecule has 0 aliphatic carbocycles. The van der Waals surface area contributed by atoms with Gasteiger partial charge in [-0.2, -0.15) is 0 Å². The second-order valence-corrected chi connectivity index (χ2v) is 3.53. The maximum Gasteiger partial charge on any atom is 0.249 e. The van der Waals surface area contributed by atoms with E-state index >= 15 is 0 Å². The first-order chi connectivity index (χ1) is 6.57. The van der Waals surface area contributed by atoms with Crippen molar-refractivity contribution in [2.24, 2.45) is 0 Å². The Morgan fingerprint density at radius 3 is 2.50 bits per heavy atom. The van der Waals surface area contributed by atoms with Crippen molar-refractivity contribution in [3.8, 4) is 0 Å². The number of hydrogen-bond acceptors (Lipinski definition) is 3. The van der Waals surface area contributed by atoms with Gasteiger partial charge in [0, 0.05) is 12.6 Å². The third kappa shape index (κ3) is 6.86. The van der Waals surface area contributed by atoms with Gasteiger partial charge in [-0.1, -0.05) is 6.92 Å². The molecule has 4 heteroatoms. The van der Waals surface area contributed by atoms with Gasteiger partial charge >= 0.3 is 0 Å². The van der Waals surface area contributed by atoms with Crippen LogP contribution in [-0.2, 0) is 9.53 Å². The minimum Gasteiger partial charge on any atom is -0.367 e. The smallest absolute Gasteiger partial charge is 0.249 e. The van der Waals surface area contributed by atoms with Gasteiger partial charge in [0.2, 0.25) is 5.91 Å². The average molecular weight is 202 g/mol. The molecule has 0 rings (SSSR count). The van der Waals surface area contributed by atoms with Crippen LogP contribution in [0.4, 0.5) is 0 Å². The van der Waals surface area contributed by atoms with E-state index in [2.05, 4.69) is 10.6 Å². The molecule has 0 bridgehead atoms. The standard InChI is InChI=1S/C10H22N2O2/c1-5-11-6-7-14-9(4)10(13)12-8(2)3/h8-9,11H,5-7H2,1-4H3,(H,12,13). The molecule has 1 atom stereocenters. The third-order valence-corrected chi connectivity index (χ3v) is 1.70. The Morgan fingerprint density at radius 2 is 2.00 bits per heavy atom. The molecule has 2 N–H and O–H groups in total. The highest BCUT2D eigenvalue weighted by Gasteiger charge is 2.13. The highest BCUT2D eigenvalue weighted by Crippen LogP contribution is 1.91. The average Bonchev–Trinajstić information content (AvgIpc) is 2.11. The van der Waals surface area contributed by atoms with Crippen LogP contribution in [-0.4, -0.2) is 37.7 Å². The number of ether oxygens (including phenoxy) is 1. The molecule has 4 nitrogen and oxygen atoms in total. The van der Waals surface area contributed by atoms with Gasteiger partial charge in [-0.3, -0.25) is 4.79 Å². The molecular weight excluding hydrogens is 180 g/mol. The molecule has 14 heavy (non-hydrogen) atoms. The van der Waals surface area contributed by atoms with E-state index in [1.807, 2.05) is 20.8 Å². The fourth-order valence-corrected chi connectivity index (χ4v) is 0.962. The SMILES string of the molecule is CCNCCOC(C)C(=O)NC(C)C. The lowest BCUT2D eigenvalue weighted by Gasteiger charge is -2.15. The highest BCUT2D eigenvalue weighted by molar-refractivity contribution is 5.80. The van der Waals surface area contributed by atoms with Gasteiger partial charge in [0.1, 0.15) is 6.10 Å². The minimum absolute atomic E-state index is 0.0449. The van der Waals surface area contributed by atoms with E-state index in [-0.39, 0.29) is 18.1 Å². The van der Waals surface area contributed by atoms with Gasteiger partial charge in [-0.05, 0) is 27.3 Å². The molecule has 0 saturated heterocycles. The molecule has 0 radical (unpaired) electrons. The van der Waals surface area contributed by atoms with Crippen molar-refractivity contribution >= 4 is 5.91 Å². The first kappa shape index (κ1) is 13.4. The zero-order valence-electron chi connectivity index (χ0n) is 9.59. The van der Waals surface area contributed by atoms with Crippen molar-refractivity contribution in [3.05, 3.63) is 0 Å². The number of carbonyl (C=O) groups is 1. The summed E-state index contributed by atoms with van der Waals surface area (Å²) < 4.78 is 5.33. The number of amides is 1. The maximum atomic E-state index is 11.4. The summed E-state index contributed by atoms with van der Waals surface area (Å²) in [4.78, 5) is 11.4. The zero-order valence-corrected chi connectivity index (χ0v) is 9.59. The molecule has 0 heterocycles. The fourth-order valence-electron chi connectivity index (χ4n) is 0.962. The molecule has 0 spiro atoms. The second-order valence-electron chi connectivity index (χ2n) is 3.53. The predicted octanol–water partition coefficient (Wildman–Crippen LogP) is 0.526. The molecule has 0 saturated carbocycles. The molecule has 0 aromatic rings. The van der Waals surface area contributed by atoms with Crippen LogP contribution in [0.25, 0.3) is 0 Å².